The number of hydrogen-bond donors (Lipinski definition) is 1. The summed E-state index contributed by atoms with van der Waals surface area (Å²) >= 11 is 0. The van der Waals surface area contributed by atoms with Gasteiger partial charge >= 0.3 is 0 Å². The van der Waals surface area contributed by atoms with E-state index in [1.54, 1.807) is 6.07 Å². The summed E-state index contributed by atoms with van der Waals surface area (Å²) in [7, 11) is 0. The van der Waals surface area contributed by atoms with Gasteiger partial charge in [0.05, 0.1) is 22.8 Å². The Labute approximate surface area is 388 Å². The molecule has 12 aromatic rings. The molecule has 5 nitrogen and oxygen atoms in total. The molecule has 67 heavy (non-hydrogen) atoms. The number of phenolic OH excluding ortho intramolecular Hbond substituents is 1. The average Bonchev–Trinajstić information content (AvgIpc) is 3.92. The monoisotopic (exact) mass is 861 g/mol. The Morgan fingerprint density at radius 2 is 1.04 bits per heavy atom. The molecule has 0 unspecified atom stereocenters. The highest BCUT2D eigenvalue weighted by atomic mass is 16.3. The van der Waals surface area contributed by atoms with Crippen LogP contribution in [0.2, 0.25) is 0 Å². The van der Waals surface area contributed by atoms with Gasteiger partial charge in [-0.2, -0.15) is 0 Å². The molecule has 12 rings (SSSR count). The van der Waals surface area contributed by atoms with Crippen LogP contribution in [0, 0.1) is 6.92 Å². The van der Waals surface area contributed by atoms with Crippen molar-refractivity contribution in [3.05, 3.63) is 236 Å². The lowest BCUT2D eigenvalue weighted by Crippen LogP contribution is -2.03. The molecule has 5 heteroatoms. The number of fused-ring (bicyclic) bond motifs is 4. The van der Waals surface area contributed by atoms with Gasteiger partial charge < -0.3 is 14.1 Å². The molecule has 0 radical (unpaired) electrons. The summed E-state index contributed by atoms with van der Waals surface area (Å²) in [6, 6.07) is 77.8. The Balaban J connectivity index is 1.03. The van der Waals surface area contributed by atoms with E-state index in [1.165, 1.54) is 5.56 Å². The normalized spacial score (nSPS) is 11.5. The molecule has 0 aliphatic carbocycles. The maximum absolute atomic E-state index is 10.9. The van der Waals surface area contributed by atoms with Crippen molar-refractivity contribution in [2.75, 3.05) is 0 Å². The van der Waals surface area contributed by atoms with E-state index in [1.807, 2.05) is 48.5 Å². The van der Waals surface area contributed by atoms with Gasteiger partial charge in [0.2, 0.25) is 0 Å². The molecule has 318 valence electrons. The van der Waals surface area contributed by atoms with Crippen molar-refractivity contribution >= 4 is 32.8 Å². The van der Waals surface area contributed by atoms with Crippen LogP contribution < -0.4 is 0 Å². The summed E-state index contributed by atoms with van der Waals surface area (Å²) in [6.07, 6.45) is 0. The molecule has 0 saturated heterocycles. The van der Waals surface area contributed by atoms with E-state index < -0.39 is 0 Å². The van der Waals surface area contributed by atoms with Crippen molar-refractivity contribution in [3.63, 3.8) is 0 Å². The van der Waals surface area contributed by atoms with Crippen molar-refractivity contribution < 1.29 is 9.52 Å². The zero-order chi connectivity index (χ0) is 44.8. The molecule has 0 atom stereocenters. The second-order valence-electron chi connectivity index (χ2n) is 17.1. The highest BCUT2D eigenvalue weighted by molar-refractivity contribution is 6.12. The molecule has 0 aliphatic rings. The first-order chi connectivity index (χ1) is 33.0. The molecule has 4 heterocycles. The fraction of sp³-hybridized carbons (Fsp3) is 0.0323. The maximum Gasteiger partial charge on any atom is 0.143 e. The molecular weight excluding hydrogens is 819 g/mol. The van der Waals surface area contributed by atoms with Gasteiger partial charge in [0.25, 0.3) is 0 Å². The SMILES string of the molecule is Cc1cc(-c2c(-c3ccc4c(c3)oc3c(-c5ccccc5)cccc34)c3ccccc3n2Cc2ccccc2)cc(-c2cccc(-c3cc(-c4ccccc4)cc(-c4ccccc4O)n3)c2)n1. The number of pyridine rings is 2. The second kappa shape index (κ2) is 16.6. The van der Waals surface area contributed by atoms with Gasteiger partial charge in [-0.05, 0) is 95.4 Å². The highest BCUT2D eigenvalue weighted by Gasteiger charge is 2.23. The minimum Gasteiger partial charge on any atom is -0.507 e. The maximum atomic E-state index is 10.9. The van der Waals surface area contributed by atoms with Crippen LogP contribution in [0.25, 0.3) is 111 Å². The van der Waals surface area contributed by atoms with E-state index >= 15 is 0 Å². The van der Waals surface area contributed by atoms with Gasteiger partial charge in [0.1, 0.15) is 16.9 Å². The minimum atomic E-state index is 0.190. The summed E-state index contributed by atoms with van der Waals surface area (Å²) in [4.78, 5) is 10.4. The van der Waals surface area contributed by atoms with Crippen LogP contribution in [0.4, 0.5) is 0 Å². The third-order valence-corrected chi connectivity index (χ3v) is 12.8. The fourth-order valence-corrected chi connectivity index (χ4v) is 9.72. The lowest BCUT2D eigenvalue weighted by atomic mass is 9.95. The predicted octanol–water partition coefficient (Wildman–Crippen LogP) is 16.1. The quantitative estimate of drug-likeness (QED) is 0.157. The number of benzene rings is 8. The van der Waals surface area contributed by atoms with Gasteiger partial charge in [-0.25, -0.2) is 4.98 Å². The van der Waals surface area contributed by atoms with Crippen LogP contribution in [-0.2, 0) is 6.54 Å². The van der Waals surface area contributed by atoms with Gasteiger partial charge in [-0.3, -0.25) is 4.98 Å². The van der Waals surface area contributed by atoms with Crippen molar-refractivity contribution in [3.8, 4) is 84.2 Å². The van der Waals surface area contributed by atoms with Crippen LogP contribution in [0.1, 0.15) is 11.3 Å². The summed E-state index contributed by atoms with van der Waals surface area (Å²) in [5, 5.41) is 14.3. The van der Waals surface area contributed by atoms with Crippen molar-refractivity contribution in [2.45, 2.75) is 13.5 Å². The number of aryl methyl sites for hydroxylation is 1. The smallest absolute Gasteiger partial charge is 0.143 e. The van der Waals surface area contributed by atoms with Gasteiger partial charge in [-0.1, -0.05) is 164 Å². The molecule has 0 saturated carbocycles. The fourth-order valence-electron chi connectivity index (χ4n) is 9.72. The Hall–Kier alpha value is -8.80. The molecule has 4 aromatic heterocycles. The molecule has 0 aliphatic heterocycles. The predicted molar refractivity (Wildman–Crippen MR) is 275 cm³/mol. The van der Waals surface area contributed by atoms with Gasteiger partial charge in [-0.15, -0.1) is 0 Å². The lowest BCUT2D eigenvalue weighted by Gasteiger charge is -2.16. The molecule has 0 fully saturated rings. The standard InChI is InChI=1S/C62H43N3O2/c1-40-33-48(37-54(63-40)44-23-15-24-45(34-44)55-35-47(42-19-7-3-8-20-42)36-56(64-55)52-25-12-14-30-58(52)66)61-60(53-26-11-13-29-57(53)65(61)39-41-17-5-2-6-18-41)46-31-32-50-51-28-16-27-49(43-21-9-4-10-22-43)62(51)67-59(50)38-46/h2-38,66H,39H2,1H3. The lowest BCUT2D eigenvalue weighted by molar-refractivity contribution is 0.477. The first kappa shape index (κ1) is 39.8. The molecule has 0 amide bonds. The van der Waals surface area contributed by atoms with Crippen LogP contribution in [-0.4, -0.2) is 19.6 Å². The topological polar surface area (TPSA) is 64.1 Å². The average molecular weight is 862 g/mol. The molecule has 0 spiro atoms. The van der Waals surface area contributed by atoms with Gasteiger partial charge in [0.15, 0.2) is 0 Å². The van der Waals surface area contributed by atoms with E-state index in [4.69, 9.17) is 14.4 Å². The summed E-state index contributed by atoms with van der Waals surface area (Å²) in [6.45, 7) is 2.76. The van der Waals surface area contributed by atoms with Crippen LogP contribution in [0.3, 0.4) is 0 Å². The number of hydrogen-bond acceptors (Lipinski definition) is 4. The first-order valence-corrected chi connectivity index (χ1v) is 22.6. The Bertz CT molecular complexity index is 3800. The third-order valence-electron chi connectivity index (χ3n) is 12.8. The Morgan fingerprint density at radius 3 is 1.84 bits per heavy atom. The summed E-state index contributed by atoms with van der Waals surface area (Å²) in [5.74, 6) is 0.190. The van der Waals surface area contributed by atoms with E-state index in [-0.39, 0.29) is 5.75 Å². The number of para-hydroxylation sites is 3. The number of aromatic nitrogens is 3. The van der Waals surface area contributed by atoms with Crippen LogP contribution in [0.15, 0.2) is 229 Å². The third kappa shape index (κ3) is 7.33. The van der Waals surface area contributed by atoms with Crippen molar-refractivity contribution in [1.29, 1.82) is 0 Å². The molecule has 0 bridgehead atoms. The number of nitrogens with zero attached hydrogens (tertiary/aromatic N) is 3. The van der Waals surface area contributed by atoms with E-state index in [9.17, 15) is 5.11 Å². The molecule has 8 aromatic carbocycles. The highest BCUT2D eigenvalue weighted by Crippen LogP contribution is 2.45. The van der Waals surface area contributed by atoms with Crippen LogP contribution in [0.5, 0.6) is 5.75 Å². The molecular formula is C62H43N3O2. The van der Waals surface area contributed by atoms with E-state index in [0.29, 0.717) is 17.8 Å². The zero-order valence-corrected chi connectivity index (χ0v) is 36.8. The first-order valence-electron chi connectivity index (χ1n) is 22.6. The largest absolute Gasteiger partial charge is 0.507 e. The van der Waals surface area contributed by atoms with Gasteiger partial charge in [0, 0.05) is 67.3 Å². The van der Waals surface area contributed by atoms with E-state index in [0.717, 1.165) is 106 Å². The number of aromatic hydroxyl groups is 1. The summed E-state index contributed by atoms with van der Waals surface area (Å²) < 4.78 is 9.30. The Morgan fingerprint density at radius 1 is 0.433 bits per heavy atom. The van der Waals surface area contributed by atoms with Crippen LogP contribution >= 0.6 is 0 Å². The van der Waals surface area contributed by atoms with E-state index in [2.05, 4.69) is 181 Å². The summed E-state index contributed by atoms with van der Waals surface area (Å²) in [5.41, 5.74) is 18.7. The Kier molecular flexibility index (Phi) is 9.88. The number of furan rings is 1. The zero-order valence-electron chi connectivity index (χ0n) is 36.8. The number of phenols is 1. The number of rotatable bonds is 9. The minimum absolute atomic E-state index is 0.190. The van der Waals surface area contributed by atoms with Crippen molar-refractivity contribution in [2.24, 2.45) is 0 Å². The van der Waals surface area contributed by atoms with Crippen molar-refractivity contribution in [1.82, 2.24) is 14.5 Å². The second-order valence-corrected chi connectivity index (χ2v) is 17.1. The molecule has 1 N–H and O–H groups in total.